The molecule has 0 atom stereocenters. The van der Waals surface area contributed by atoms with Gasteiger partial charge in [-0.25, -0.2) is 4.90 Å². The first-order valence-corrected chi connectivity index (χ1v) is 7.90. The first-order valence-electron chi connectivity index (χ1n) is 7.50. The quantitative estimate of drug-likeness (QED) is 0.608. The van der Waals surface area contributed by atoms with Crippen molar-refractivity contribution in [1.82, 2.24) is 4.90 Å². The van der Waals surface area contributed by atoms with Crippen LogP contribution in [0.15, 0.2) is 30.3 Å². The maximum atomic E-state index is 13.9. The van der Waals surface area contributed by atoms with Crippen molar-refractivity contribution in [1.29, 1.82) is 0 Å². The highest BCUT2D eigenvalue weighted by molar-refractivity contribution is 7.80. The second-order valence-electron chi connectivity index (χ2n) is 6.03. The highest BCUT2D eigenvalue weighted by Gasteiger charge is 2.60. The smallest absolute Gasteiger partial charge is 0.303 e. The van der Waals surface area contributed by atoms with E-state index in [4.69, 9.17) is 12.2 Å². The average Bonchev–Trinajstić information content (AvgIpc) is 2.68. The number of alkyl halides is 2. The molecule has 1 saturated heterocycles. The van der Waals surface area contributed by atoms with Gasteiger partial charge in [0.2, 0.25) is 0 Å². The number of benzene rings is 1. The van der Waals surface area contributed by atoms with Crippen LogP contribution in [0.25, 0.3) is 0 Å². The summed E-state index contributed by atoms with van der Waals surface area (Å²) in [5.74, 6) is -0.562. The van der Waals surface area contributed by atoms with Crippen molar-refractivity contribution in [2.75, 3.05) is 4.90 Å². The second kappa shape index (κ2) is 5.26. The lowest BCUT2D eigenvalue weighted by Gasteiger charge is -2.39. The van der Waals surface area contributed by atoms with Crippen LogP contribution in [0.3, 0.4) is 0 Å². The normalized spacial score (nSPS) is 21.8. The van der Waals surface area contributed by atoms with Crippen molar-refractivity contribution >= 4 is 28.9 Å². The topological polar surface area (TPSA) is 23.6 Å². The molecule has 0 bridgehead atoms. The van der Waals surface area contributed by atoms with Crippen LogP contribution in [0, 0.1) is 0 Å². The van der Waals surface area contributed by atoms with Crippen LogP contribution in [0.2, 0.25) is 0 Å². The van der Waals surface area contributed by atoms with E-state index in [0.717, 1.165) is 26.2 Å². The zero-order valence-electron chi connectivity index (χ0n) is 12.4. The molecular formula is C16H18F2N2OS. The summed E-state index contributed by atoms with van der Waals surface area (Å²) in [4.78, 5) is 15.0. The zero-order valence-corrected chi connectivity index (χ0v) is 13.2. The molecule has 3 nitrogen and oxygen atoms in total. The van der Waals surface area contributed by atoms with Crippen LogP contribution < -0.4 is 4.90 Å². The van der Waals surface area contributed by atoms with Gasteiger partial charge >= 0.3 is 6.05 Å². The molecule has 0 N–H and O–H groups in total. The molecule has 1 heterocycles. The fourth-order valence-corrected chi connectivity index (χ4v) is 4.05. The molecule has 3 rings (SSSR count). The van der Waals surface area contributed by atoms with Gasteiger partial charge in [-0.15, -0.1) is 0 Å². The molecule has 0 aromatic heterocycles. The minimum atomic E-state index is -3.29. The van der Waals surface area contributed by atoms with E-state index in [-0.39, 0.29) is 5.11 Å². The summed E-state index contributed by atoms with van der Waals surface area (Å²) < 4.78 is 27.9. The number of carbonyl (C=O) groups excluding carboxylic acids is 1. The molecule has 1 saturated carbocycles. The number of nitrogens with zero attached hydrogens (tertiary/aromatic N) is 2. The fraction of sp³-hybridized carbons (Fsp3) is 0.500. The Balaban J connectivity index is 2.12. The standard InChI is InChI=1S/C16H18F2N2OS/c1-15(17,18)20-13(21)16(10-6-3-7-11-16)19(14(20)22)12-8-4-2-5-9-12/h2,4-5,8-9H,3,6-7,10-11H2,1H3. The maximum Gasteiger partial charge on any atom is 0.330 e. The number of carbonyl (C=O) groups is 1. The lowest BCUT2D eigenvalue weighted by molar-refractivity contribution is -0.154. The second-order valence-corrected chi connectivity index (χ2v) is 6.39. The van der Waals surface area contributed by atoms with Crippen molar-refractivity contribution in [3.05, 3.63) is 30.3 Å². The van der Waals surface area contributed by atoms with Crippen molar-refractivity contribution in [3.8, 4) is 0 Å². The van der Waals surface area contributed by atoms with E-state index in [9.17, 15) is 13.6 Å². The molecule has 1 aliphatic heterocycles. The number of halogens is 2. The molecule has 0 unspecified atom stereocenters. The van der Waals surface area contributed by atoms with Crippen molar-refractivity contribution in [2.24, 2.45) is 0 Å². The molecular weight excluding hydrogens is 306 g/mol. The van der Waals surface area contributed by atoms with E-state index in [1.807, 2.05) is 30.3 Å². The van der Waals surface area contributed by atoms with Crippen LogP contribution in [0.1, 0.15) is 39.0 Å². The van der Waals surface area contributed by atoms with E-state index in [1.54, 1.807) is 4.90 Å². The third-order valence-electron chi connectivity index (χ3n) is 4.50. The number of amides is 1. The van der Waals surface area contributed by atoms with E-state index in [2.05, 4.69) is 0 Å². The first-order chi connectivity index (χ1) is 10.4. The molecule has 22 heavy (non-hydrogen) atoms. The van der Waals surface area contributed by atoms with E-state index < -0.39 is 17.5 Å². The third kappa shape index (κ3) is 2.20. The van der Waals surface area contributed by atoms with Gasteiger partial charge < -0.3 is 4.90 Å². The van der Waals surface area contributed by atoms with Gasteiger partial charge in [0.25, 0.3) is 5.91 Å². The molecule has 1 amide bonds. The number of hydrogen-bond acceptors (Lipinski definition) is 2. The molecule has 1 aliphatic carbocycles. The number of thiocarbonyl (C=S) groups is 1. The summed E-state index contributed by atoms with van der Waals surface area (Å²) in [7, 11) is 0. The maximum absolute atomic E-state index is 13.9. The molecule has 1 spiro atoms. The monoisotopic (exact) mass is 324 g/mol. The van der Waals surface area contributed by atoms with Crippen LogP contribution in [0.4, 0.5) is 14.5 Å². The Kier molecular flexibility index (Phi) is 3.67. The Bertz CT molecular complexity index is 594. The average molecular weight is 324 g/mol. The molecule has 2 aliphatic rings. The Labute approximate surface area is 133 Å². The summed E-state index contributed by atoms with van der Waals surface area (Å²) in [5, 5.41) is -0.0920. The lowest BCUT2D eigenvalue weighted by atomic mass is 9.80. The summed E-state index contributed by atoms with van der Waals surface area (Å²) in [6.07, 6.45) is 3.84. The number of rotatable bonds is 2. The van der Waals surface area contributed by atoms with Crippen LogP contribution in [0.5, 0.6) is 0 Å². The summed E-state index contributed by atoms with van der Waals surface area (Å²) in [6, 6.07) is 5.84. The SMILES string of the molecule is CC(F)(F)N1C(=O)C2(CCCCC2)N(c2ccccc2)C1=S. The summed E-state index contributed by atoms with van der Waals surface area (Å²) in [6.45, 7) is 0.724. The van der Waals surface area contributed by atoms with Crippen molar-refractivity contribution < 1.29 is 13.6 Å². The highest BCUT2D eigenvalue weighted by Crippen LogP contribution is 2.45. The van der Waals surface area contributed by atoms with Gasteiger partial charge in [0.1, 0.15) is 5.54 Å². The van der Waals surface area contributed by atoms with Gasteiger partial charge in [0, 0.05) is 12.6 Å². The Morgan fingerprint density at radius 3 is 2.27 bits per heavy atom. The molecule has 6 heteroatoms. The molecule has 1 aromatic carbocycles. The van der Waals surface area contributed by atoms with Gasteiger partial charge in [-0.1, -0.05) is 37.5 Å². The lowest BCUT2D eigenvalue weighted by Crippen LogP contribution is -2.51. The fourth-order valence-electron chi connectivity index (χ4n) is 3.53. The van der Waals surface area contributed by atoms with Gasteiger partial charge in [-0.2, -0.15) is 8.78 Å². The Morgan fingerprint density at radius 1 is 1.14 bits per heavy atom. The van der Waals surface area contributed by atoms with Crippen molar-refractivity contribution in [2.45, 2.75) is 50.6 Å². The van der Waals surface area contributed by atoms with Crippen LogP contribution >= 0.6 is 12.2 Å². The number of hydrogen-bond donors (Lipinski definition) is 0. The molecule has 0 radical (unpaired) electrons. The molecule has 1 aromatic rings. The largest absolute Gasteiger partial charge is 0.330 e. The summed E-state index contributed by atoms with van der Waals surface area (Å²) in [5.41, 5.74) is -0.245. The molecule has 2 fully saturated rings. The molecule has 118 valence electrons. The highest BCUT2D eigenvalue weighted by atomic mass is 32.1. The third-order valence-corrected chi connectivity index (χ3v) is 4.86. The minimum Gasteiger partial charge on any atom is -0.303 e. The summed E-state index contributed by atoms with van der Waals surface area (Å²) >= 11 is 5.27. The van der Waals surface area contributed by atoms with E-state index >= 15 is 0 Å². The predicted octanol–water partition coefficient (Wildman–Crippen LogP) is 3.94. The first kappa shape index (κ1) is 15.3. The van der Waals surface area contributed by atoms with Crippen LogP contribution in [-0.4, -0.2) is 27.5 Å². The number of para-hydroxylation sites is 1. The van der Waals surface area contributed by atoms with Crippen LogP contribution in [-0.2, 0) is 4.79 Å². The van der Waals surface area contributed by atoms with Gasteiger partial charge in [0.15, 0.2) is 5.11 Å². The van der Waals surface area contributed by atoms with E-state index in [0.29, 0.717) is 23.4 Å². The Morgan fingerprint density at radius 2 is 1.73 bits per heavy atom. The minimum absolute atomic E-state index is 0.0920. The predicted molar refractivity (Wildman–Crippen MR) is 84.8 cm³/mol. The number of anilines is 1. The van der Waals surface area contributed by atoms with E-state index in [1.165, 1.54) is 0 Å². The van der Waals surface area contributed by atoms with Gasteiger partial charge in [-0.05, 0) is 37.2 Å². The van der Waals surface area contributed by atoms with Gasteiger partial charge in [-0.3, -0.25) is 4.79 Å². The Hall–Kier alpha value is -1.56. The zero-order chi connectivity index (χ0) is 16.0. The van der Waals surface area contributed by atoms with Crippen molar-refractivity contribution in [3.63, 3.8) is 0 Å². The van der Waals surface area contributed by atoms with Gasteiger partial charge in [0.05, 0.1) is 0 Å².